The fraction of sp³-hybridized carbons (Fsp3) is 0.267. The van der Waals surface area contributed by atoms with Gasteiger partial charge < -0.3 is 5.73 Å². The Hall–Kier alpha value is -1.83. The van der Waals surface area contributed by atoms with E-state index in [-0.39, 0.29) is 0 Å². The van der Waals surface area contributed by atoms with E-state index in [0.717, 1.165) is 12.1 Å². The summed E-state index contributed by atoms with van der Waals surface area (Å²) in [6.45, 7) is 0. The van der Waals surface area contributed by atoms with Crippen LogP contribution in [-0.4, -0.2) is 4.98 Å². The van der Waals surface area contributed by atoms with E-state index < -0.39 is 0 Å². The van der Waals surface area contributed by atoms with Gasteiger partial charge >= 0.3 is 0 Å². The predicted octanol–water partition coefficient (Wildman–Crippen LogP) is 3.13. The molecule has 86 valence electrons. The number of nitrogens with two attached hydrogens (primary N) is 1. The average molecular weight is 224 g/mol. The quantitative estimate of drug-likeness (QED) is 0.756. The summed E-state index contributed by atoms with van der Waals surface area (Å²) in [6, 6.07) is 12.4. The Morgan fingerprint density at radius 3 is 3.00 bits per heavy atom. The first-order valence-corrected chi connectivity index (χ1v) is 6.14. The summed E-state index contributed by atoms with van der Waals surface area (Å²) < 4.78 is 0. The van der Waals surface area contributed by atoms with Crippen LogP contribution in [0.15, 0.2) is 42.6 Å². The first kappa shape index (κ1) is 10.3. The minimum atomic E-state index is 0.420. The molecule has 2 nitrogen and oxygen atoms in total. The van der Waals surface area contributed by atoms with Crippen LogP contribution in [0.2, 0.25) is 0 Å². The third-order valence-electron chi connectivity index (χ3n) is 3.51. The second-order valence-corrected chi connectivity index (χ2v) is 4.66. The van der Waals surface area contributed by atoms with E-state index in [0.29, 0.717) is 5.92 Å². The van der Waals surface area contributed by atoms with Gasteiger partial charge in [0.2, 0.25) is 0 Å². The third-order valence-corrected chi connectivity index (χ3v) is 3.51. The molecule has 0 bridgehead atoms. The molecule has 1 aliphatic carbocycles. The molecular formula is C15H16N2. The molecule has 1 heterocycles. The molecule has 0 saturated carbocycles. The fourth-order valence-electron chi connectivity index (χ4n) is 2.71. The summed E-state index contributed by atoms with van der Waals surface area (Å²) in [5.74, 6) is 0.420. The summed E-state index contributed by atoms with van der Waals surface area (Å²) >= 11 is 0. The molecule has 0 radical (unpaired) electrons. The summed E-state index contributed by atoms with van der Waals surface area (Å²) in [5, 5.41) is 0. The Morgan fingerprint density at radius 2 is 2.12 bits per heavy atom. The van der Waals surface area contributed by atoms with E-state index in [1.54, 1.807) is 0 Å². The SMILES string of the molecule is Nc1cccc(C2CCCc3cccnc32)c1. The molecule has 0 spiro atoms. The highest BCUT2D eigenvalue weighted by Crippen LogP contribution is 2.35. The van der Waals surface area contributed by atoms with Gasteiger partial charge in [-0.2, -0.15) is 0 Å². The number of aromatic nitrogens is 1. The predicted molar refractivity (Wildman–Crippen MR) is 69.9 cm³/mol. The number of hydrogen-bond donors (Lipinski definition) is 1. The molecule has 0 saturated heterocycles. The topological polar surface area (TPSA) is 38.9 Å². The normalized spacial score (nSPS) is 18.7. The number of fused-ring (bicyclic) bond motifs is 1. The van der Waals surface area contributed by atoms with Crippen LogP contribution in [-0.2, 0) is 6.42 Å². The van der Waals surface area contributed by atoms with Gasteiger partial charge in [0.1, 0.15) is 0 Å². The number of pyridine rings is 1. The lowest BCUT2D eigenvalue weighted by Gasteiger charge is -2.24. The molecule has 17 heavy (non-hydrogen) atoms. The van der Waals surface area contributed by atoms with Crippen molar-refractivity contribution in [3.05, 3.63) is 59.4 Å². The van der Waals surface area contributed by atoms with Crippen LogP contribution in [0, 0.1) is 0 Å². The van der Waals surface area contributed by atoms with Crippen LogP contribution in [0.25, 0.3) is 0 Å². The molecule has 3 rings (SSSR count). The van der Waals surface area contributed by atoms with E-state index in [2.05, 4.69) is 23.2 Å². The number of nitrogen functional groups attached to an aromatic ring is 1. The Morgan fingerprint density at radius 1 is 1.18 bits per heavy atom. The molecular weight excluding hydrogens is 208 g/mol. The maximum Gasteiger partial charge on any atom is 0.0510 e. The lowest BCUT2D eigenvalue weighted by molar-refractivity contribution is 0.599. The van der Waals surface area contributed by atoms with Gasteiger partial charge in [0.15, 0.2) is 0 Å². The van der Waals surface area contributed by atoms with Crippen molar-refractivity contribution in [1.82, 2.24) is 4.98 Å². The van der Waals surface area contributed by atoms with Crippen molar-refractivity contribution in [1.29, 1.82) is 0 Å². The van der Waals surface area contributed by atoms with Crippen molar-refractivity contribution in [3.63, 3.8) is 0 Å². The van der Waals surface area contributed by atoms with E-state index >= 15 is 0 Å². The van der Waals surface area contributed by atoms with Crippen molar-refractivity contribution in [3.8, 4) is 0 Å². The second-order valence-electron chi connectivity index (χ2n) is 4.66. The highest BCUT2D eigenvalue weighted by Gasteiger charge is 2.22. The van der Waals surface area contributed by atoms with E-state index in [4.69, 9.17) is 5.73 Å². The molecule has 0 fully saturated rings. The Kier molecular flexibility index (Phi) is 2.56. The third kappa shape index (κ3) is 1.91. The van der Waals surface area contributed by atoms with Gasteiger partial charge in [-0.1, -0.05) is 18.2 Å². The summed E-state index contributed by atoms with van der Waals surface area (Å²) in [5.41, 5.74) is 10.6. The molecule has 2 aromatic rings. The fourth-order valence-corrected chi connectivity index (χ4v) is 2.71. The number of benzene rings is 1. The van der Waals surface area contributed by atoms with Crippen LogP contribution in [0.5, 0.6) is 0 Å². The van der Waals surface area contributed by atoms with Crippen LogP contribution in [0.3, 0.4) is 0 Å². The average Bonchev–Trinajstić information content (AvgIpc) is 2.38. The van der Waals surface area contributed by atoms with Crippen molar-refractivity contribution in [2.45, 2.75) is 25.2 Å². The van der Waals surface area contributed by atoms with E-state index in [9.17, 15) is 0 Å². The van der Waals surface area contributed by atoms with Crippen LogP contribution < -0.4 is 5.73 Å². The van der Waals surface area contributed by atoms with Gasteiger partial charge in [-0.3, -0.25) is 4.98 Å². The van der Waals surface area contributed by atoms with Crippen molar-refractivity contribution < 1.29 is 0 Å². The van der Waals surface area contributed by atoms with Crippen molar-refractivity contribution in [2.75, 3.05) is 5.73 Å². The Balaban J connectivity index is 2.06. The highest BCUT2D eigenvalue weighted by molar-refractivity contribution is 5.45. The minimum absolute atomic E-state index is 0.420. The number of aryl methyl sites for hydroxylation is 1. The first-order chi connectivity index (χ1) is 8.34. The van der Waals surface area contributed by atoms with E-state index in [1.807, 2.05) is 24.4 Å². The van der Waals surface area contributed by atoms with Crippen molar-refractivity contribution >= 4 is 5.69 Å². The summed E-state index contributed by atoms with van der Waals surface area (Å²) in [4.78, 5) is 4.57. The highest BCUT2D eigenvalue weighted by atomic mass is 14.7. The standard InChI is InChI=1S/C15H16N2/c16-13-7-1-5-12(10-13)14-8-2-4-11-6-3-9-17-15(11)14/h1,3,5-7,9-10,14H,2,4,8,16H2. The van der Waals surface area contributed by atoms with Crippen LogP contribution in [0.4, 0.5) is 5.69 Å². The van der Waals surface area contributed by atoms with E-state index in [1.165, 1.54) is 29.7 Å². The van der Waals surface area contributed by atoms with Gasteiger partial charge in [0.05, 0.1) is 5.69 Å². The van der Waals surface area contributed by atoms with Gasteiger partial charge in [-0.25, -0.2) is 0 Å². The molecule has 2 N–H and O–H groups in total. The molecule has 1 atom stereocenters. The largest absolute Gasteiger partial charge is 0.399 e. The molecule has 1 aromatic heterocycles. The monoisotopic (exact) mass is 224 g/mol. The van der Waals surface area contributed by atoms with Gasteiger partial charge in [-0.05, 0) is 48.6 Å². The molecule has 1 unspecified atom stereocenters. The molecule has 2 heteroatoms. The first-order valence-electron chi connectivity index (χ1n) is 6.14. The van der Waals surface area contributed by atoms with Gasteiger partial charge in [-0.15, -0.1) is 0 Å². The lowest BCUT2D eigenvalue weighted by atomic mass is 9.82. The molecule has 0 aliphatic heterocycles. The summed E-state index contributed by atoms with van der Waals surface area (Å²) in [7, 11) is 0. The van der Waals surface area contributed by atoms with Crippen molar-refractivity contribution in [2.24, 2.45) is 0 Å². The zero-order valence-corrected chi connectivity index (χ0v) is 9.76. The van der Waals surface area contributed by atoms with Gasteiger partial charge in [0, 0.05) is 17.8 Å². The number of rotatable bonds is 1. The molecule has 1 aliphatic rings. The maximum absolute atomic E-state index is 5.86. The zero-order chi connectivity index (χ0) is 11.7. The van der Waals surface area contributed by atoms with Crippen LogP contribution in [0.1, 0.15) is 35.6 Å². The number of hydrogen-bond acceptors (Lipinski definition) is 2. The molecule has 1 aromatic carbocycles. The maximum atomic E-state index is 5.86. The van der Waals surface area contributed by atoms with Gasteiger partial charge in [0.25, 0.3) is 0 Å². The van der Waals surface area contributed by atoms with Crippen LogP contribution >= 0.6 is 0 Å². The Bertz CT molecular complexity index is 534. The minimum Gasteiger partial charge on any atom is -0.399 e. The lowest BCUT2D eigenvalue weighted by Crippen LogP contribution is -2.13. The number of anilines is 1. The second kappa shape index (κ2) is 4.21. The molecule has 0 amide bonds. The Labute approximate surface area is 102 Å². The zero-order valence-electron chi connectivity index (χ0n) is 9.76. The summed E-state index contributed by atoms with van der Waals surface area (Å²) in [6.07, 6.45) is 5.46. The number of nitrogens with zero attached hydrogens (tertiary/aromatic N) is 1. The smallest absolute Gasteiger partial charge is 0.0510 e.